The van der Waals surface area contributed by atoms with E-state index in [1.54, 1.807) is 0 Å². The third-order valence-electron chi connectivity index (χ3n) is 6.68. The molecule has 32 heavy (non-hydrogen) atoms. The second-order valence-corrected chi connectivity index (χ2v) is 8.93. The van der Waals surface area contributed by atoms with Crippen molar-refractivity contribution in [2.75, 3.05) is 51.2 Å². The van der Waals surface area contributed by atoms with Crippen LogP contribution in [0.1, 0.15) is 36.8 Å². The fourth-order valence-corrected chi connectivity index (χ4v) is 4.73. The van der Waals surface area contributed by atoms with E-state index in [0.717, 1.165) is 75.8 Å². The van der Waals surface area contributed by atoms with Crippen molar-refractivity contribution >= 4 is 5.82 Å². The maximum absolute atomic E-state index is 5.71. The Hall–Kier alpha value is -2.77. The predicted molar refractivity (Wildman–Crippen MR) is 126 cm³/mol. The highest BCUT2D eigenvalue weighted by molar-refractivity contribution is 5.56. The number of hydrogen-bond donors (Lipinski definition) is 0. The maximum Gasteiger partial charge on any atom is 0.244 e. The Morgan fingerprint density at radius 1 is 1.00 bits per heavy atom. The molecule has 2 aliphatic rings. The van der Waals surface area contributed by atoms with E-state index in [1.807, 2.05) is 6.20 Å². The SMILES string of the molecule is CN1CCN(c2ccc(-c3noc(C4CCCN4CCCc4ccccc4)n3)cn2)CC1. The number of anilines is 1. The van der Waals surface area contributed by atoms with Crippen molar-refractivity contribution in [3.63, 3.8) is 0 Å². The lowest BCUT2D eigenvalue weighted by molar-refractivity contribution is 0.206. The van der Waals surface area contributed by atoms with Gasteiger partial charge in [-0.25, -0.2) is 4.98 Å². The highest BCUT2D eigenvalue weighted by Crippen LogP contribution is 2.32. The van der Waals surface area contributed by atoms with Crippen LogP contribution in [0, 0.1) is 0 Å². The Labute approximate surface area is 190 Å². The van der Waals surface area contributed by atoms with E-state index >= 15 is 0 Å². The van der Waals surface area contributed by atoms with E-state index < -0.39 is 0 Å². The summed E-state index contributed by atoms with van der Waals surface area (Å²) < 4.78 is 5.71. The molecule has 7 heteroatoms. The van der Waals surface area contributed by atoms with Crippen molar-refractivity contribution in [3.05, 3.63) is 60.1 Å². The zero-order valence-electron chi connectivity index (χ0n) is 18.9. The van der Waals surface area contributed by atoms with Gasteiger partial charge in [0, 0.05) is 37.9 Å². The molecule has 3 aromatic rings. The van der Waals surface area contributed by atoms with Crippen LogP contribution in [-0.4, -0.2) is 71.2 Å². The molecule has 1 unspecified atom stereocenters. The summed E-state index contributed by atoms with van der Waals surface area (Å²) in [5.74, 6) is 2.39. The second kappa shape index (κ2) is 9.79. The molecule has 0 spiro atoms. The van der Waals surface area contributed by atoms with Gasteiger partial charge in [-0.3, -0.25) is 4.90 Å². The number of hydrogen-bond acceptors (Lipinski definition) is 7. The summed E-state index contributed by atoms with van der Waals surface area (Å²) in [6.45, 7) is 6.31. The molecule has 0 radical (unpaired) electrons. The quantitative estimate of drug-likeness (QED) is 0.565. The van der Waals surface area contributed by atoms with E-state index in [0.29, 0.717) is 5.82 Å². The lowest BCUT2D eigenvalue weighted by atomic mass is 10.1. The first-order valence-corrected chi connectivity index (χ1v) is 11.8. The number of aromatic nitrogens is 3. The monoisotopic (exact) mass is 432 g/mol. The Morgan fingerprint density at radius 2 is 1.84 bits per heavy atom. The fraction of sp³-hybridized carbons (Fsp3) is 0.480. The summed E-state index contributed by atoms with van der Waals surface area (Å²) >= 11 is 0. The molecule has 2 aromatic heterocycles. The minimum Gasteiger partial charge on any atom is -0.354 e. The van der Waals surface area contributed by atoms with Gasteiger partial charge >= 0.3 is 0 Å². The average molecular weight is 433 g/mol. The van der Waals surface area contributed by atoms with Crippen LogP contribution >= 0.6 is 0 Å². The smallest absolute Gasteiger partial charge is 0.244 e. The Kier molecular flexibility index (Phi) is 6.46. The van der Waals surface area contributed by atoms with E-state index in [2.05, 4.69) is 74.4 Å². The van der Waals surface area contributed by atoms with Gasteiger partial charge in [-0.05, 0) is 63.5 Å². The third-order valence-corrected chi connectivity index (χ3v) is 6.68. The van der Waals surface area contributed by atoms with Crippen LogP contribution in [0.15, 0.2) is 53.2 Å². The van der Waals surface area contributed by atoms with Crippen molar-refractivity contribution < 1.29 is 4.52 Å². The number of nitrogens with zero attached hydrogens (tertiary/aromatic N) is 6. The van der Waals surface area contributed by atoms with E-state index in [9.17, 15) is 0 Å². The molecular weight excluding hydrogens is 400 g/mol. The Balaban J connectivity index is 1.20. The van der Waals surface area contributed by atoms with Crippen molar-refractivity contribution in [3.8, 4) is 11.4 Å². The van der Waals surface area contributed by atoms with E-state index in [1.165, 1.54) is 12.0 Å². The van der Waals surface area contributed by atoms with Crippen molar-refractivity contribution in [1.82, 2.24) is 24.9 Å². The Morgan fingerprint density at radius 3 is 2.62 bits per heavy atom. The van der Waals surface area contributed by atoms with E-state index in [4.69, 9.17) is 9.51 Å². The first kappa shape index (κ1) is 21.1. The summed E-state index contributed by atoms with van der Waals surface area (Å²) in [6, 6.07) is 15.1. The summed E-state index contributed by atoms with van der Waals surface area (Å²) in [5.41, 5.74) is 2.31. The minimum atomic E-state index is 0.226. The first-order chi connectivity index (χ1) is 15.8. The van der Waals surface area contributed by atoms with Gasteiger partial charge in [-0.1, -0.05) is 35.5 Å². The lowest BCUT2D eigenvalue weighted by Gasteiger charge is -2.33. The molecule has 2 aliphatic heterocycles. The molecule has 4 heterocycles. The van der Waals surface area contributed by atoms with Gasteiger partial charge < -0.3 is 14.3 Å². The van der Waals surface area contributed by atoms with Gasteiger partial charge in [-0.2, -0.15) is 4.98 Å². The normalized spacial score (nSPS) is 20.2. The van der Waals surface area contributed by atoms with E-state index in [-0.39, 0.29) is 6.04 Å². The van der Waals surface area contributed by atoms with Gasteiger partial charge in [0.1, 0.15) is 5.82 Å². The summed E-state index contributed by atoms with van der Waals surface area (Å²) in [6.07, 6.45) is 6.36. The van der Waals surface area contributed by atoms with Crippen LogP contribution < -0.4 is 4.90 Å². The summed E-state index contributed by atoms with van der Waals surface area (Å²) in [4.78, 5) is 16.6. The highest BCUT2D eigenvalue weighted by atomic mass is 16.5. The van der Waals surface area contributed by atoms with Crippen LogP contribution in [0.4, 0.5) is 5.82 Å². The lowest BCUT2D eigenvalue weighted by Crippen LogP contribution is -2.44. The molecule has 5 rings (SSSR count). The maximum atomic E-state index is 5.71. The molecule has 7 nitrogen and oxygen atoms in total. The number of pyridine rings is 1. The largest absolute Gasteiger partial charge is 0.354 e. The molecule has 0 amide bonds. The molecule has 2 saturated heterocycles. The topological polar surface area (TPSA) is 61.5 Å². The number of aryl methyl sites for hydroxylation is 1. The summed E-state index contributed by atoms with van der Waals surface area (Å²) in [5, 5.41) is 4.27. The van der Waals surface area contributed by atoms with Gasteiger partial charge in [-0.15, -0.1) is 0 Å². The van der Waals surface area contributed by atoms with Crippen LogP contribution in [0.5, 0.6) is 0 Å². The second-order valence-electron chi connectivity index (χ2n) is 8.93. The molecule has 0 bridgehead atoms. The molecule has 1 atom stereocenters. The molecule has 0 saturated carbocycles. The summed E-state index contributed by atoms with van der Waals surface area (Å²) in [7, 11) is 2.16. The fourth-order valence-electron chi connectivity index (χ4n) is 4.73. The number of likely N-dealkylation sites (N-methyl/N-ethyl adjacent to an activating group) is 1. The molecule has 0 aliphatic carbocycles. The van der Waals surface area contributed by atoms with Crippen molar-refractivity contribution in [2.45, 2.75) is 31.7 Å². The standard InChI is InChI=1S/C25H32N6O/c1-29-15-17-31(18-16-29)23-12-11-21(19-26-23)24-27-25(32-28-24)22-10-6-14-30(22)13-5-9-20-7-3-2-4-8-20/h2-4,7-8,11-12,19,22H,5-6,9-10,13-18H2,1H3. The number of likely N-dealkylation sites (tertiary alicyclic amines) is 1. The molecule has 168 valence electrons. The zero-order valence-corrected chi connectivity index (χ0v) is 18.9. The molecular formula is C25H32N6O. The third kappa shape index (κ3) is 4.84. The zero-order chi connectivity index (χ0) is 21.8. The van der Waals surface area contributed by atoms with Crippen molar-refractivity contribution in [2.24, 2.45) is 0 Å². The van der Waals surface area contributed by atoms with Gasteiger partial charge in [0.15, 0.2) is 0 Å². The molecule has 1 aromatic carbocycles. The van der Waals surface area contributed by atoms with Crippen LogP contribution in [-0.2, 0) is 6.42 Å². The van der Waals surface area contributed by atoms with Crippen LogP contribution in [0.3, 0.4) is 0 Å². The molecule has 2 fully saturated rings. The minimum absolute atomic E-state index is 0.226. The Bertz CT molecular complexity index is 981. The first-order valence-electron chi connectivity index (χ1n) is 11.8. The number of benzene rings is 1. The number of rotatable bonds is 7. The highest BCUT2D eigenvalue weighted by Gasteiger charge is 2.30. The average Bonchev–Trinajstić information content (AvgIpc) is 3.50. The number of piperazine rings is 1. The predicted octanol–water partition coefficient (Wildman–Crippen LogP) is 3.65. The van der Waals surface area contributed by atoms with Crippen molar-refractivity contribution in [1.29, 1.82) is 0 Å². The van der Waals surface area contributed by atoms with Crippen LogP contribution in [0.2, 0.25) is 0 Å². The van der Waals surface area contributed by atoms with Gasteiger partial charge in [0.25, 0.3) is 0 Å². The van der Waals surface area contributed by atoms with Crippen LogP contribution in [0.25, 0.3) is 11.4 Å². The molecule has 0 N–H and O–H groups in total. The van der Waals surface area contributed by atoms with Gasteiger partial charge in [0.05, 0.1) is 6.04 Å². The van der Waals surface area contributed by atoms with Gasteiger partial charge in [0.2, 0.25) is 11.7 Å².